The SMILES string of the molecule is Cc1c(O)c(Cl)cc(Cl)c1O. The molecule has 60 valence electrons. The normalized spacial score (nSPS) is 10.1. The Morgan fingerprint density at radius 3 is 1.82 bits per heavy atom. The van der Waals surface area contributed by atoms with E-state index in [1.165, 1.54) is 13.0 Å². The van der Waals surface area contributed by atoms with Gasteiger partial charge in [-0.2, -0.15) is 0 Å². The monoisotopic (exact) mass is 192 g/mol. The van der Waals surface area contributed by atoms with Gasteiger partial charge in [-0.05, 0) is 13.0 Å². The highest BCUT2D eigenvalue weighted by Crippen LogP contribution is 2.38. The Balaban J connectivity index is 3.46. The van der Waals surface area contributed by atoms with Gasteiger partial charge in [0.2, 0.25) is 0 Å². The van der Waals surface area contributed by atoms with Crippen LogP contribution in [0.25, 0.3) is 0 Å². The lowest BCUT2D eigenvalue weighted by Gasteiger charge is -2.04. The molecule has 0 saturated heterocycles. The molecular formula is C7H6Cl2O2. The fourth-order valence-corrected chi connectivity index (χ4v) is 1.28. The molecule has 0 aliphatic carbocycles. The molecule has 4 heteroatoms. The number of phenols is 2. The first kappa shape index (κ1) is 8.50. The van der Waals surface area contributed by atoms with Crippen molar-refractivity contribution in [2.45, 2.75) is 6.92 Å². The molecule has 0 spiro atoms. The number of hydrogen-bond acceptors (Lipinski definition) is 2. The predicted molar refractivity (Wildman–Crippen MR) is 44.5 cm³/mol. The minimum Gasteiger partial charge on any atom is -0.506 e. The second-order valence-corrected chi connectivity index (χ2v) is 2.98. The summed E-state index contributed by atoms with van der Waals surface area (Å²) in [6, 6.07) is 1.29. The molecule has 0 aliphatic heterocycles. The van der Waals surface area contributed by atoms with Crippen LogP contribution in [-0.4, -0.2) is 10.2 Å². The van der Waals surface area contributed by atoms with E-state index in [1.54, 1.807) is 0 Å². The van der Waals surface area contributed by atoms with Gasteiger partial charge in [0.1, 0.15) is 11.5 Å². The number of rotatable bonds is 0. The van der Waals surface area contributed by atoms with E-state index < -0.39 is 0 Å². The zero-order valence-electron chi connectivity index (χ0n) is 5.73. The van der Waals surface area contributed by atoms with Gasteiger partial charge in [0.25, 0.3) is 0 Å². The molecule has 0 saturated carbocycles. The summed E-state index contributed by atoms with van der Waals surface area (Å²) in [4.78, 5) is 0. The molecule has 2 N–H and O–H groups in total. The molecule has 0 bridgehead atoms. The van der Waals surface area contributed by atoms with E-state index in [1.807, 2.05) is 0 Å². The van der Waals surface area contributed by atoms with Gasteiger partial charge in [0.15, 0.2) is 0 Å². The molecule has 0 fully saturated rings. The molecule has 11 heavy (non-hydrogen) atoms. The quantitative estimate of drug-likeness (QED) is 0.664. The van der Waals surface area contributed by atoms with Crippen LogP contribution < -0.4 is 0 Å². The van der Waals surface area contributed by atoms with Crippen molar-refractivity contribution in [1.29, 1.82) is 0 Å². The molecule has 0 radical (unpaired) electrons. The standard InChI is InChI=1S/C7H6Cl2O2/c1-3-6(10)4(8)2-5(9)7(3)11/h2,10-11H,1H3. The lowest BCUT2D eigenvalue weighted by molar-refractivity contribution is 0.443. The number of benzene rings is 1. The Hall–Kier alpha value is -0.600. The van der Waals surface area contributed by atoms with E-state index in [2.05, 4.69) is 0 Å². The maximum absolute atomic E-state index is 9.16. The van der Waals surface area contributed by atoms with Crippen molar-refractivity contribution in [3.63, 3.8) is 0 Å². The van der Waals surface area contributed by atoms with Gasteiger partial charge >= 0.3 is 0 Å². The molecule has 1 aromatic carbocycles. The van der Waals surface area contributed by atoms with E-state index in [0.29, 0.717) is 5.56 Å². The number of aromatic hydroxyl groups is 2. The van der Waals surface area contributed by atoms with E-state index in [4.69, 9.17) is 33.4 Å². The van der Waals surface area contributed by atoms with E-state index >= 15 is 0 Å². The van der Waals surface area contributed by atoms with Crippen LogP contribution in [0.2, 0.25) is 10.0 Å². The highest BCUT2D eigenvalue weighted by atomic mass is 35.5. The first-order chi connectivity index (χ1) is 5.04. The summed E-state index contributed by atoms with van der Waals surface area (Å²) in [5, 5.41) is 18.6. The molecule has 0 atom stereocenters. The van der Waals surface area contributed by atoms with Gasteiger partial charge in [0, 0.05) is 5.56 Å². The zero-order valence-corrected chi connectivity index (χ0v) is 7.24. The minimum absolute atomic E-state index is 0.131. The van der Waals surface area contributed by atoms with Crippen molar-refractivity contribution in [3.8, 4) is 11.5 Å². The van der Waals surface area contributed by atoms with Crippen LogP contribution in [0.15, 0.2) is 6.07 Å². The Kier molecular flexibility index (Phi) is 2.16. The topological polar surface area (TPSA) is 40.5 Å². The van der Waals surface area contributed by atoms with Crippen LogP contribution in [0.3, 0.4) is 0 Å². The Labute approximate surface area is 74.0 Å². The maximum Gasteiger partial charge on any atom is 0.140 e. The Morgan fingerprint density at radius 1 is 1.09 bits per heavy atom. The highest BCUT2D eigenvalue weighted by molar-refractivity contribution is 6.36. The summed E-state index contributed by atoms with van der Waals surface area (Å²) < 4.78 is 0. The van der Waals surface area contributed by atoms with Crippen LogP contribution in [-0.2, 0) is 0 Å². The number of halogens is 2. The van der Waals surface area contributed by atoms with Crippen molar-refractivity contribution in [3.05, 3.63) is 21.7 Å². The smallest absolute Gasteiger partial charge is 0.140 e. The number of hydrogen-bond donors (Lipinski definition) is 2. The number of phenolic OH excluding ortho intramolecular Hbond substituents is 2. The maximum atomic E-state index is 9.16. The first-order valence-electron chi connectivity index (χ1n) is 2.90. The van der Waals surface area contributed by atoms with Crippen molar-refractivity contribution in [2.75, 3.05) is 0 Å². The van der Waals surface area contributed by atoms with Gasteiger partial charge in [0.05, 0.1) is 10.0 Å². The van der Waals surface area contributed by atoms with E-state index in [-0.39, 0.29) is 21.5 Å². The average molecular weight is 193 g/mol. The summed E-state index contributed by atoms with van der Waals surface area (Å²) in [6.07, 6.45) is 0. The molecule has 0 unspecified atom stereocenters. The molecule has 0 heterocycles. The minimum atomic E-state index is -0.131. The zero-order chi connectivity index (χ0) is 8.59. The van der Waals surface area contributed by atoms with Crippen LogP contribution >= 0.6 is 23.2 Å². The Morgan fingerprint density at radius 2 is 1.45 bits per heavy atom. The van der Waals surface area contributed by atoms with Gasteiger partial charge in [-0.3, -0.25) is 0 Å². The van der Waals surface area contributed by atoms with Crippen molar-refractivity contribution < 1.29 is 10.2 Å². The van der Waals surface area contributed by atoms with E-state index in [0.717, 1.165) is 0 Å². The molecule has 2 nitrogen and oxygen atoms in total. The predicted octanol–water partition coefficient (Wildman–Crippen LogP) is 2.71. The van der Waals surface area contributed by atoms with Crippen LogP contribution in [0.5, 0.6) is 11.5 Å². The summed E-state index contributed by atoms with van der Waals surface area (Å²) >= 11 is 11.1. The largest absolute Gasteiger partial charge is 0.506 e. The van der Waals surface area contributed by atoms with Gasteiger partial charge in [-0.25, -0.2) is 0 Å². The molecule has 1 rings (SSSR count). The van der Waals surface area contributed by atoms with Crippen LogP contribution in [0.1, 0.15) is 5.56 Å². The third kappa shape index (κ3) is 1.37. The molecular weight excluding hydrogens is 187 g/mol. The summed E-state index contributed by atoms with van der Waals surface area (Å²) in [5.74, 6) is -0.262. The Bertz CT molecular complexity index is 271. The van der Waals surface area contributed by atoms with Gasteiger partial charge in [-0.1, -0.05) is 23.2 Å². The van der Waals surface area contributed by atoms with Crippen molar-refractivity contribution in [1.82, 2.24) is 0 Å². The van der Waals surface area contributed by atoms with Crippen molar-refractivity contribution in [2.24, 2.45) is 0 Å². The second-order valence-electron chi connectivity index (χ2n) is 2.16. The van der Waals surface area contributed by atoms with Crippen LogP contribution in [0, 0.1) is 6.92 Å². The van der Waals surface area contributed by atoms with Gasteiger partial charge < -0.3 is 10.2 Å². The van der Waals surface area contributed by atoms with Gasteiger partial charge in [-0.15, -0.1) is 0 Å². The van der Waals surface area contributed by atoms with Crippen molar-refractivity contribution >= 4 is 23.2 Å². The van der Waals surface area contributed by atoms with Crippen LogP contribution in [0.4, 0.5) is 0 Å². The van der Waals surface area contributed by atoms with E-state index in [9.17, 15) is 0 Å². The summed E-state index contributed by atoms with van der Waals surface area (Å²) in [7, 11) is 0. The molecule has 0 aromatic heterocycles. The molecule has 0 amide bonds. The first-order valence-corrected chi connectivity index (χ1v) is 3.66. The lowest BCUT2D eigenvalue weighted by atomic mass is 10.2. The molecule has 0 aliphatic rings. The lowest BCUT2D eigenvalue weighted by Crippen LogP contribution is -1.79. The summed E-state index contributed by atoms with van der Waals surface area (Å²) in [6.45, 7) is 1.53. The third-order valence-corrected chi connectivity index (χ3v) is 1.99. The third-order valence-electron chi connectivity index (χ3n) is 1.42. The highest BCUT2D eigenvalue weighted by Gasteiger charge is 2.10. The fraction of sp³-hybridized carbons (Fsp3) is 0.143. The second kappa shape index (κ2) is 2.80. The summed E-state index contributed by atoms with van der Waals surface area (Å²) in [5.41, 5.74) is 0.294. The fourth-order valence-electron chi connectivity index (χ4n) is 0.718. The molecule has 1 aromatic rings. The average Bonchev–Trinajstić information content (AvgIpc) is 1.97.